The minimum Gasteiger partial charge on any atom is -0.370 e. The molecule has 2 heterocycles. The highest BCUT2D eigenvalue weighted by molar-refractivity contribution is 6.31. The van der Waals surface area contributed by atoms with E-state index in [0.717, 1.165) is 17.7 Å². The Bertz CT molecular complexity index is 985. The Hall–Kier alpha value is -2.63. The summed E-state index contributed by atoms with van der Waals surface area (Å²) in [5.74, 6) is -0.153. The maximum atomic E-state index is 12.6. The molecule has 0 saturated heterocycles. The van der Waals surface area contributed by atoms with Crippen LogP contribution in [0.5, 0.6) is 0 Å². The van der Waals surface area contributed by atoms with Gasteiger partial charge in [0.1, 0.15) is 6.10 Å². The number of ether oxygens (including phenoxy) is 1. The second kappa shape index (κ2) is 8.17. The lowest BCUT2D eigenvalue weighted by atomic mass is 10.1. The summed E-state index contributed by atoms with van der Waals surface area (Å²) in [5, 5.41) is 8.28. The lowest BCUT2D eigenvalue weighted by Gasteiger charge is -2.22. The Labute approximate surface area is 169 Å². The van der Waals surface area contributed by atoms with Gasteiger partial charge < -0.3 is 10.1 Å². The molecule has 0 spiro atoms. The molecule has 1 amide bonds. The number of halogens is 1. The molecule has 0 saturated carbocycles. The Morgan fingerprint density at radius 3 is 2.89 bits per heavy atom. The van der Waals surface area contributed by atoms with Crippen LogP contribution in [0.1, 0.15) is 38.8 Å². The largest absolute Gasteiger partial charge is 0.370 e. The van der Waals surface area contributed by atoms with Gasteiger partial charge in [0.25, 0.3) is 5.91 Å². The van der Waals surface area contributed by atoms with E-state index in [4.69, 9.17) is 21.4 Å². The fourth-order valence-electron chi connectivity index (χ4n) is 3.47. The third-order valence-electron chi connectivity index (χ3n) is 5.01. The number of amides is 1. The number of nitrogens with zero attached hydrogens (tertiary/aromatic N) is 2. The summed E-state index contributed by atoms with van der Waals surface area (Å²) in [7, 11) is 0. The highest BCUT2D eigenvalue weighted by Gasteiger charge is 2.25. The van der Waals surface area contributed by atoms with Crippen LogP contribution in [0.15, 0.2) is 54.7 Å². The summed E-state index contributed by atoms with van der Waals surface area (Å²) in [6.45, 7) is 3.56. The van der Waals surface area contributed by atoms with Crippen molar-refractivity contribution in [2.45, 2.75) is 26.0 Å². The number of carbonyl (C=O) groups excluding carboxylic acids is 1. The molecule has 1 N–H and O–H groups in total. The summed E-state index contributed by atoms with van der Waals surface area (Å²) in [5.41, 5.74) is 4.65. The van der Waals surface area contributed by atoms with E-state index in [1.54, 1.807) is 18.2 Å². The summed E-state index contributed by atoms with van der Waals surface area (Å²) >= 11 is 6.13. The fraction of sp³-hybridized carbons (Fsp3) is 0.273. The standard InChI is InChI=1S/C22H22ClN3O2/c1-15-18(8-5-9-19(15)23)22(27)24-12-20-21-17(10-11-28-20)14-26(25-21)13-16-6-3-2-4-7-16/h2-9,14,20H,10-13H2,1H3,(H,24,27)/t20-/m1/s1. The van der Waals surface area contributed by atoms with Crippen LogP contribution in [0.25, 0.3) is 0 Å². The number of hydrogen-bond donors (Lipinski definition) is 1. The Balaban J connectivity index is 1.46. The lowest BCUT2D eigenvalue weighted by Crippen LogP contribution is -2.32. The normalized spacial score (nSPS) is 15.9. The molecule has 1 aromatic heterocycles. The molecule has 4 rings (SSSR count). The van der Waals surface area contributed by atoms with Gasteiger partial charge in [-0.1, -0.05) is 48.0 Å². The summed E-state index contributed by atoms with van der Waals surface area (Å²) in [4.78, 5) is 12.6. The van der Waals surface area contributed by atoms with E-state index in [-0.39, 0.29) is 12.0 Å². The van der Waals surface area contributed by atoms with E-state index in [1.165, 1.54) is 11.1 Å². The molecule has 0 unspecified atom stereocenters. The molecular formula is C22H22ClN3O2. The van der Waals surface area contributed by atoms with Crippen molar-refractivity contribution in [1.82, 2.24) is 15.1 Å². The first kappa shape index (κ1) is 18.7. The summed E-state index contributed by atoms with van der Waals surface area (Å²) < 4.78 is 7.84. The lowest BCUT2D eigenvalue weighted by molar-refractivity contribution is 0.0383. The molecule has 6 heteroatoms. The molecule has 0 radical (unpaired) electrons. The van der Waals surface area contributed by atoms with E-state index >= 15 is 0 Å². The van der Waals surface area contributed by atoms with Gasteiger partial charge in [-0.2, -0.15) is 5.10 Å². The topological polar surface area (TPSA) is 56.1 Å². The maximum Gasteiger partial charge on any atom is 0.251 e. The molecule has 1 atom stereocenters. The molecular weight excluding hydrogens is 374 g/mol. The third kappa shape index (κ3) is 3.96. The average molecular weight is 396 g/mol. The fourth-order valence-corrected chi connectivity index (χ4v) is 3.65. The van der Waals surface area contributed by atoms with Crippen LogP contribution in [-0.2, 0) is 17.7 Å². The second-order valence-corrected chi connectivity index (χ2v) is 7.36. The second-order valence-electron chi connectivity index (χ2n) is 6.95. The maximum absolute atomic E-state index is 12.6. The molecule has 1 aliphatic heterocycles. The van der Waals surface area contributed by atoms with Gasteiger partial charge in [0.15, 0.2) is 0 Å². The first-order chi connectivity index (χ1) is 13.6. The molecule has 2 aromatic carbocycles. The van der Waals surface area contributed by atoms with Gasteiger partial charge in [0.05, 0.1) is 18.8 Å². The zero-order valence-corrected chi connectivity index (χ0v) is 16.4. The van der Waals surface area contributed by atoms with Crippen molar-refractivity contribution in [3.63, 3.8) is 0 Å². The Morgan fingerprint density at radius 2 is 2.07 bits per heavy atom. The number of benzene rings is 2. The van der Waals surface area contributed by atoms with Gasteiger partial charge in [0, 0.05) is 23.3 Å². The predicted molar refractivity (Wildman–Crippen MR) is 109 cm³/mol. The van der Waals surface area contributed by atoms with E-state index in [1.807, 2.05) is 29.8 Å². The van der Waals surface area contributed by atoms with Crippen molar-refractivity contribution < 1.29 is 9.53 Å². The first-order valence-electron chi connectivity index (χ1n) is 9.37. The van der Waals surface area contributed by atoms with E-state index in [0.29, 0.717) is 30.3 Å². The predicted octanol–water partition coefficient (Wildman–Crippen LogP) is 3.94. The van der Waals surface area contributed by atoms with E-state index in [2.05, 4.69) is 23.6 Å². The molecule has 0 aliphatic carbocycles. The summed E-state index contributed by atoms with van der Waals surface area (Å²) in [6, 6.07) is 15.6. The quantitative estimate of drug-likeness (QED) is 0.712. The van der Waals surface area contributed by atoms with Crippen molar-refractivity contribution >= 4 is 17.5 Å². The van der Waals surface area contributed by atoms with Crippen molar-refractivity contribution in [2.75, 3.05) is 13.2 Å². The minimum absolute atomic E-state index is 0.153. The van der Waals surface area contributed by atoms with Crippen LogP contribution < -0.4 is 5.32 Å². The minimum atomic E-state index is -0.246. The monoisotopic (exact) mass is 395 g/mol. The number of carbonyl (C=O) groups is 1. The zero-order valence-electron chi connectivity index (χ0n) is 15.7. The molecule has 0 fully saturated rings. The SMILES string of the molecule is Cc1c(Cl)cccc1C(=O)NC[C@H]1OCCc2cn(Cc3ccccc3)nc21. The van der Waals surface area contributed by atoms with Crippen molar-refractivity contribution in [1.29, 1.82) is 0 Å². The van der Waals surface area contributed by atoms with E-state index in [9.17, 15) is 4.79 Å². The number of nitrogens with one attached hydrogen (secondary N) is 1. The van der Waals surface area contributed by atoms with E-state index < -0.39 is 0 Å². The van der Waals surface area contributed by atoms with Gasteiger partial charge in [-0.05, 0) is 42.2 Å². The number of fused-ring (bicyclic) bond motifs is 1. The van der Waals surface area contributed by atoms with Crippen LogP contribution in [0.4, 0.5) is 0 Å². The Kier molecular flexibility index (Phi) is 5.46. The van der Waals surface area contributed by atoms with Gasteiger partial charge in [-0.25, -0.2) is 0 Å². The molecule has 144 valence electrons. The zero-order chi connectivity index (χ0) is 19.5. The van der Waals surface area contributed by atoms with Crippen LogP contribution in [0.2, 0.25) is 5.02 Å². The first-order valence-corrected chi connectivity index (χ1v) is 9.74. The summed E-state index contributed by atoms with van der Waals surface area (Å²) in [6.07, 6.45) is 2.67. The number of rotatable bonds is 5. The van der Waals surface area contributed by atoms with Crippen LogP contribution >= 0.6 is 11.6 Å². The van der Waals surface area contributed by atoms with Crippen molar-refractivity contribution in [2.24, 2.45) is 0 Å². The highest BCUT2D eigenvalue weighted by Crippen LogP contribution is 2.26. The van der Waals surface area contributed by atoms with Gasteiger partial charge in [-0.15, -0.1) is 0 Å². The molecule has 0 bridgehead atoms. The smallest absolute Gasteiger partial charge is 0.251 e. The van der Waals surface area contributed by atoms with Crippen LogP contribution in [-0.4, -0.2) is 28.8 Å². The Morgan fingerprint density at radius 1 is 1.25 bits per heavy atom. The van der Waals surface area contributed by atoms with Crippen LogP contribution in [0, 0.1) is 6.92 Å². The third-order valence-corrected chi connectivity index (χ3v) is 5.42. The molecule has 1 aliphatic rings. The van der Waals surface area contributed by atoms with Gasteiger partial charge in [-0.3, -0.25) is 9.48 Å². The van der Waals surface area contributed by atoms with Gasteiger partial charge in [0.2, 0.25) is 0 Å². The molecule has 5 nitrogen and oxygen atoms in total. The number of aromatic nitrogens is 2. The number of hydrogen-bond acceptors (Lipinski definition) is 3. The molecule has 3 aromatic rings. The highest BCUT2D eigenvalue weighted by atomic mass is 35.5. The van der Waals surface area contributed by atoms with Crippen molar-refractivity contribution in [3.8, 4) is 0 Å². The van der Waals surface area contributed by atoms with Crippen LogP contribution in [0.3, 0.4) is 0 Å². The van der Waals surface area contributed by atoms with Gasteiger partial charge >= 0.3 is 0 Å². The molecule has 28 heavy (non-hydrogen) atoms. The average Bonchev–Trinajstić information content (AvgIpc) is 3.12. The van der Waals surface area contributed by atoms with Crippen molar-refractivity contribution in [3.05, 3.63) is 87.7 Å².